The smallest absolute Gasteiger partial charge is 0.342 e. The summed E-state index contributed by atoms with van der Waals surface area (Å²) in [6.45, 7) is -0.411. The Kier molecular flexibility index (Phi) is 3.87. The normalized spacial score (nSPS) is 10.2. The van der Waals surface area contributed by atoms with Gasteiger partial charge in [-0.1, -0.05) is 11.6 Å². The summed E-state index contributed by atoms with van der Waals surface area (Å²) in [6.07, 6.45) is 1.60. The van der Waals surface area contributed by atoms with Crippen LogP contribution in [0.25, 0.3) is 0 Å². The Morgan fingerprint density at radius 1 is 1.32 bits per heavy atom. The van der Waals surface area contributed by atoms with E-state index in [1.807, 2.05) is 0 Å². The number of carbonyl (C=O) groups excluding carboxylic acids is 2. The summed E-state index contributed by atoms with van der Waals surface area (Å²) >= 11 is 5.71. The van der Waals surface area contributed by atoms with E-state index in [0.717, 1.165) is 0 Å². The molecule has 1 aromatic heterocycles. The molecule has 1 aromatic carbocycles. The molecule has 2 aromatic rings. The van der Waals surface area contributed by atoms with E-state index >= 15 is 0 Å². The lowest BCUT2D eigenvalue weighted by Crippen LogP contribution is -2.14. The van der Waals surface area contributed by atoms with Crippen molar-refractivity contribution < 1.29 is 19.4 Å². The average molecular weight is 280 g/mol. The lowest BCUT2D eigenvalue weighted by molar-refractivity contribution is 0.0470. The Morgan fingerprint density at radius 3 is 2.79 bits per heavy atom. The molecule has 0 saturated heterocycles. The summed E-state index contributed by atoms with van der Waals surface area (Å²) in [5.74, 6) is -1.42. The fourth-order valence-electron chi connectivity index (χ4n) is 1.46. The zero-order valence-electron chi connectivity index (χ0n) is 9.72. The first-order valence-electron chi connectivity index (χ1n) is 5.40. The lowest BCUT2D eigenvalue weighted by Gasteiger charge is -2.05. The number of benzene rings is 1. The summed E-state index contributed by atoms with van der Waals surface area (Å²) in [5, 5.41) is 9.80. The third-order valence-electron chi connectivity index (χ3n) is 2.41. The molecule has 0 aliphatic heterocycles. The Hall–Kier alpha value is -2.27. The Balaban J connectivity index is 2.02. The highest BCUT2D eigenvalue weighted by atomic mass is 35.5. The number of phenolic OH excluding ortho intramolecular Hbond substituents is 1. The molecule has 5 nitrogen and oxygen atoms in total. The molecule has 0 aliphatic carbocycles. The van der Waals surface area contributed by atoms with E-state index in [9.17, 15) is 14.7 Å². The van der Waals surface area contributed by atoms with Crippen molar-refractivity contribution in [2.75, 3.05) is 6.61 Å². The van der Waals surface area contributed by atoms with E-state index in [1.165, 1.54) is 18.2 Å². The highest BCUT2D eigenvalue weighted by Gasteiger charge is 2.15. The molecule has 0 saturated carbocycles. The second-order valence-electron chi connectivity index (χ2n) is 3.74. The summed E-state index contributed by atoms with van der Waals surface area (Å²) in [5.41, 5.74) is 0.273. The molecule has 1 heterocycles. The van der Waals surface area contributed by atoms with E-state index in [2.05, 4.69) is 4.98 Å². The zero-order chi connectivity index (χ0) is 13.8. The molecule has 98 valence electrons. The topological polar surface area (TPSA) is 79.4 Å². The number of hydrogen-bond donors (Lipinski definition) is 2. The van der Waals surface area contributed by atoms with Gasteiger partial charge in [-0.2, -0.15) is 0 Å². The number of esters is 1. The number of H-pyrrole nitrogens is 1. The number of carbonyl (C=O) groups is 2. The number of halogens is 1. The van der Waals surface area contributed by atoms with Crippen LogP contribution in [0.2, 0.25) is 5.02 Å². The van der Waals surface area contributed by atoms with Gasteiger partial charge in [-0.05, 0) is 30.3 Å². The number of aromatic hydroxyl groups is 1. The van der Waals surface area contributed by atoms with E-state index in [0.29, 0.717) is 10.7 Å². The summed E-state index contributed by atoms with van der Waals surface area (Å²) in [6, 6.07) is 7.24. The highest BCUT2D eigenvalue weighted by molar-refractivity contribution is 6.31. The molecule has 0 atom stereocenters. The van der Waals surface area contributed by atoms with Crippen molar-refractivity contribution in [1.29, 1.82) is 0 Å². The number of aromatic amines is 1. The van der Waals surface area contributed by atoms with Crippen molar-refractivity contribution in [2.24, 2.45) is 0 Å². The Labute approximate surface area is 113 Å². The van der Waals surface area contributed by atoms with Gasteiger partial charge in [0.05, 0.1) is 5.69 Å². The predicted molar refractivity (Wildman–Crippen MR) is 68.5 cm³/mol. The first-order valence-corrected chi connectivity index (χ1v) is 5.78. The summed E-state index contributed by atoms with van der Waals surface area (Å²) in [4.78, 5) is 26.0. The second kappa shape index (κ2) is 5.58. The van der Waals surface area contributed by atoms with Crippen molar-refractivity contribution in [3.8, 4) is 5.75 Å². The van der Waals surface area contributed by atoms with E-state index in [4.69, 9.17) is 16.3 Å². The lowest BCUT2D eigenvalue weighted by atomic mass is 10.2. The van der Waals surface area contributed by atoms with Crippen molar-refractivity contribution in [3.63, 3.8) is 0 Å². The molecule has 0 radical (unpaired) electrons. The molecular weight excluding hydrogens is 270 g/mol. The van der Waals surface area contributed by atoms with Gasteiger partial charge in [-0.25, -0.2) is 4.79 Å². The third-order valence-corrected chi connectivity index (χ3v) is 2.65. The SMILES string of the molecule is O=C(COC(=O)c1cc(Cl)ccc1O)c1ccc[nH]1. The number of hydrogen-bond acceptors (Lipinski definition) is 4. The van der Waals surface area contributed by atoms with Crippen molar-refractivity contribution in [1.82, 2.24) is 4.98 Å². The summed E-state index contributed by atoms with van der Waals surface area (Å²) in [7, 11) is 0. The van der Waals surface area contributed by atoms with Crippen LogP contribution in [0.15, 0.2) is 36.5 Å². The second-order valence-corrected chi connectivity index (χ2v) is 4.18. The minimum absolute atomic E-state index is 0.0771. The molecule has 0 bridgehead atoms. The predicted octanol–water partition coefficient (Wildman–Crippen LogP) is 2.41. The molecule has 19 heavy (non-hydrogen) atoms. The van der Waals surface area contributed by atoms with Crippen LogP contribution in [0.4, 0.5) is 0 Å². The highest BCUT2D eigenvalue weighted by Crippen LogP contribution is 2.22. The fraction of sp³-hybridized carbons (Fsp3) is 0.0769. The van der Waals surface area contributed by atoms with Gasteiger partial charge in [-0.15, -0.1) is 0 Å². The number of nitrogens with one attached hydrogen (secondary N) is 1. The number of Topliss-reactive ketones (excluding diaryl/α,β-unsaturated/α-hetero) is 1. The van der Waals surface area contributed by atoms with E-state index in [-0.39, 0.29) is 17.1 Å². The van der Waals surface area contributed by atoms with Crippen LogP contribution in [-0.4, -0.2) is 28.4 Å². The molecule has 0 amide bonds. The molecule has 2 rings (SSSR count). The van der Waals surface area contributed by atoms with Crippen molar-refractivity contribution >= 4 is 23.4 Å². The minimum atomic E-state index is -0.806. The van der Waals surface area contributed by atoms with E-state index < -0.39 is 12.6 Å². The number of ether oxygens (including phenoxy) is 1. The standard InChI is InChI=1S/C13H10ClNO4/c14-8-3-4-11(16)9(6-8)13(18)19-7-12(17)10-2-1-5-15-10/h1-6,15-16H,7H2. The molecular formula is C13H10ClNO4. The first kappa shape index (κ1) is 13.2. The quantitative estimate of drug-likeness (QED) is 0.665. The van der Waals surface area contributed by atoms with Gasteiger partial charge < -0.3 is 14.8 Å². The Morgan fingerprint density at radius 2 is 2.11 bits per heavy atom. The van der Waals surface area contributed by atoms with Crippen LogP contribution in [0.3, 0.4) is 0 Å². The van der Waals surface area contributed by atoms with Crippen LogP contribution in [0.5, 0.6) is 5.75 Å². The van der Waals surface area contributed by atoms with Gasteiger partial charge in [0.15, 0.2) is 6.61 Å². The van der Waals surface area contributed by atoms with Gasteiger partial charge in [0.2, 0.25) is 5.78 Å². The van der Waals surface area contributed by atoms with Gasteiger partial charge >= 0.3 is 5.97 Å². The van der Waals surface area contributed by atoms with Gasteiger partial charge in [-0.3, -0.25) is 4.79 Å². The molecule has 0 spiro atoms. The molecule has 2 N–H and O–H groups in total. The van der Waals surface area contributed by atoms with E-state index in [1.54, 1.807) is 18.3 Å². The van der Waals surface area contributed by atoms with Gasteiger partial charge in [0.1, 0.15) is 11.3 Å². The molecule has 0 fully saturated rings. The van der Waals surface area contributed by atoms with Crippen molar-refractivity contribution in [3.05, 3.63) is 52.8 Å². The van der Waals surface area contributed by atoms with Crippen LogP contribution in [0.1, 0.15) is 20.8 Å². The van der Waals surface area contributed by atoms with Gasteiger partial charge in [0.25, 0.3) is 0 Å². The Bertz CT molecular complexity index is 607. The van der Waals surface area contributed by atoms with Crippen LogP contribution < -0.4 is 0 Å². The molecule has 0 aliphatic rings. The number of aromatic nitrogens is 1. The van der Waals surface area contributed by atoms with Crippen LogP contribution in [0, 0.1) is 0 Å². The van der Waals surface area contributed by atoms with Gasteiger partial charge in [0, 0.05) is 11.2 Å². The molecule has 6 heteroatoms. The number of phenols is 1. The number of ketones is 1. The first-order chi connectivity index (χ1) is 9.08. The summed E-state index contributed by atoms with van der Waals surface area (Å²) < 4.78 is 4.82. The average Bonchev–Trinajstić information content (AvgIpc) is 2.92. The van der Waals surface area contributed by atoms with Crippen molar-refractivity contribution in [2.45, 2.75) is 0 Å². The maximum Gasteiger partial charge on any atom is 0.342 e. The van der Waals surface area contributed by atoms with Crippen LogP contribution >= 0.6 is 11.6 Å². The maximum absolute atomic E-state index is 11.7. The number of rotatable bonds is 4. The van der Waals surface area contributed by atoms with Crippen LogP contribution in [-0.2, 0) is 4.74 Å². The largest absolute Gasteiger partial charge is 0.507 e. The third kappa shape index (κ3) is 3.14. The maximum atomic E-state index is 11.7. The molecule has 0 unspecified atom stereocenters. The minimum Gasteiger partial charge on any atom is -0.507 e. The fourth-order valence-corrected chi connectivity index (χ4v) is 1.63. The zero-order valence-corrected chi connectivity index (χ0v) is 10.5. The monoisotopic (exact) mass is 279 g/mol.